The molecule has 1 aromatic rings. The summed E-state index contributed by atoms with van der Waals surface area (Å²) in [4.78, 5) is 22.1. The standard InChI is InChI=1S/C11H9BrF2O3/c1-2-17-11(16)7(5-15)6-3-10(14)8(12)4-9(6)13/h3-5,7H,2H2,1H3. The lowest BCUT2D eigenvalue weighted by molar-refractivity contribution is -0.146. The van der Waals surface area contributed by atoms with Crippen molar-refractivity contribution in [2.45, 2.75) is 12.8 Å². The van der Waals surface area contributed by atoms with Crippen molar-refractivity contribution in [1.29, 1.82) is 0 Å². The lowest BCUT2D eigenvalue weighted by Crippen LogP contribution is -2.18. The number of halogens is 3. The summed E-state index contributed by atoms with van der Waals surface area (Å²) in [6.45, 7) is 1.61. The molecule has 17 heavy (non-hydrogen) atoms. The van der Waals surface area contributed by atoms with E-state index in [0.717, 1.165) is 12.1 Å². The molecule has 0 aliphatic rings. The number of rotatable bonds is 4. The molecule has 0 heterocycles. The monoisotopic (exact) mass is 306 g/mol. The maximum absolute atomic E-state index is 13.5. The van der Waals surface area contributed by atoms with Gasteiger partial charge in [-0.05, 0) is 35.0 Å². The average Bonchev–Trinajstić information content (AvgIpc) is 2.26. The molecule has 92 valence electrons. The number of benzene rings is 1. The molecule has 1 rings (SSSR count). The molecular weight excluding hydrogens is 298 g/mol. The van der Waals surface area contributed by atoms with Gasteiger partial charge < -0.3 is 9.53 Å². The van der Waals surface area contributed by atoms with Crippen LogP contribution in [0.3, 0.4) is 0 Å². The second kappa shape index (κ2) is 5.86. The topological polar surface area (TPSA) is 43.4 Å². The van der Waals surface area contributed by atoms with Crippen molar-refractivity contribution in [3.05, 3.63) is 33.8 Å². The molecule has 0 amide bonds. The Morgan fingerprint density at radius 3 is 2.65 bits per heavy atom. The van der Waals surface area contributed by atoms with Crippen molar-refractivity contribution in [1.82, 2.24) is 0 Å². The van der Waals surface area contributed by atoms with E-state index in [4.69, 9.17) is 0 Å². The molecule has 0 fully saturated rings. The predicted octanol–water partition coefficient (Wildman–Crippen LogP) is 2.57. The Morgan fingerprint density at radius 1 is 1.47 bits per heavy atom. The third kappa shape index (κ3) is 3.09. The molecule has 1 atom stereocenters. The zero-order valence-electron chi connectivity index (χ0n) is 8.88. The Kier molecular flexibility index (Phi) is 4.74. The molecule has 0 N–H and O–H groups in total. The van der Waals surface area contributed by atoms with E-state index in [9.17, 15) is 18.4 Å². The normalized spacial score (nSPS) is 12.0. The average molecular weight is 307 g/mol. The van der Waals surface area contributed by atoms with Gasteiger partial charge in [0.1, 0.15) is 23.8 Å². The van der Waals surface area contributed by atoms with Crippen LogP contribution in [0.5, 0.6) is 0 Å². The molecule has 3 nitrogen and oxygen atoms in total. The number of esters is 1. The number of hydrogen-bond donors (Lipinski definition) is 0. The van der Waals surface area contributed by atoms with E-state index in [1.54, 1.807) is 6.92 Å². The molecule has 1 aromatic carbocycles. The third-order valence-electron chi connectivity index (χ3n) is 2.05. The number of carbonyl (C=O) groups is 2. The fraction of sp³-hybridized carbons (Fsp3) is 0.273. The van der Waals surface area contributed by atoms with Crippen molar-refractivity contribution in [2.75, 3.05) is 6.61 Å². The molecule has 0 saturated carbocycles. The van der Waals surface area contributed by atoms with E-state index >= 15 is 0 Å². The van der Waals surface area contributed by atoms with Gasteiger partial charge in [-0.3, -0.25) is 4.79 Å². The summed E-state index contributed by atoms with van der Waals surface area (Å²) in [6, 6.07) is 1.66. The van der Waals surface area contributed by atoms with Crippen LogP contribution in [-0.4, -0.2) is 18.9 Å². The molecule has 0 spiro atoms. The molecule has 0 aromatic heterocycles. The van der Waals surface area contributed by atoms with Crippen LogP contribution >= 0.6 is 15.9 Å². The summed E-state index contributed by atoms with van der Waals surface area (Å²) in [5.74, 6) is -3.94. The van der Waals surface area contributed by atoms with Crippen molar-refractivity contribution >= 4 is 28.2 Å². The number of ether oxygens (including phenoxy) is 1. The van der Waals surface area contributed by atoms with Crippen LogP contribution in [0.4, 0.5) is 8.78 Å². The fourth-order valence-electron chi connectivity index (χ4n) is 1.26. The Bertz CT molecular complexity index is 449. The smallest absolute Gasteiger partial charge is 0.320 e. The quantitative estimate of drug-likeness (QED) is 0.372. The first kappa shape index (κ1) is 13.8. The molecule has 1 unspecified atom stereocenters. The van der Waals surface area contributed by atoms with E-state index < -0.39 is 23.5 Å². The summed E-state index contributed by atoms with van der Waals surface area (Å²) in [6.07, 6.45) is 0.226. The van der Waals surface area contributed by atoms with Crippen LogP contribution in [0.2, 0.25) is 0 Å². The molecule has 0 aliphatic carbocycles. The highest BCUT2D eigenvalue weighted by Crippen LogP contribution is 2.25. The second-order valence-corrected chi connectivity index (χ2v) is 4.01. The molecule has 6 heteroatoms. The van der Waals surface area contributed by atoms with Gasteiger partial charge in [0.2, 0.25) is 0 Å². The van der Waals surface area contributed by atoms with Gasteiger partial charge in [-0.2, -0.15) is 0 Å². The highest BCUT2D eigenvalue weighted by molar-refractivity contribution is 9.10. The van der Waals surface area contributed by atoms with Crippen LogP contribution < -0.4 is 0 Å². The molecule has 0 bridgehead atoms. The van der Waals surface area contributed by atoms with Crippen LogP contribution in [0.25, 0.3) is 0 Å². The zero-order chi connectivity index (χ0) is 13.0. The van der Waals surface area contributed by atoms with Crippen molar-refractivity contribution in [3.63, 3.8) is 0 Å². The van der Waals surface area contributed by atoms with Gasteiger partial charge in [0.05, 0.1) is 11.1 Å². The Balaban J connectivity index is 3.16. The minimum Gasteiger partial charge on any atom is -0.465 e. The third-order valence-corrected chi connectivity index (χ3v) is 2.66. The first-order chi connectivity index (χ1) is 8.01. The Hall–Kier alpha value is -1.30. The summed E-state index contributed by atoms with van der Waals surface area (Å²) < 4.78 is 31.3. The maximum Gasteiger partial charge on any atom is 0.320 e. The van der Waals surface area contributed by atoms with E-state index in [0.29, 0.717) is 0 Å². The van der Waals surface area contributed by atoms with Gasteiger partial charge in [-0.25, -0.2) is 8.78 Å². The van der Waals surface area contributed by atoms with E-state index in [-0.39, 0.29) is 22.9 Å². The van der Waals surface area contributed by atoms with Crippen LogP contribution in [-0.2, 0) is 14.3 Å². The van der Waals surface area contributed by atoms with Gasteiger partial charge in [0, 0.05) is 5.56 Å². The van der Waals surface area contributed by atoms with Crippen molar-refractivity contribution in [2.24, 2.45) is 0 Å². The van der Waals surface area contributed by atoms with Crippen LogP contribution in [0.1, 0.15) is 18.4 Å². The molecule has 0 saturated heterocycles. The molecular formula is C11H9BrF2O3. The van der Waals surface area contributed by atoms with E-state index in [1.165, 1.54) is 0 Å². The van der Waals surface area contributed by atoms with Gasteiger partial charge in [-0.15, -0.1) is 0 Å². The Morgan fingerprint density at radius 2 is 2.12 bits per heavy atom. The SMILES string of the molecule is CCOC(=O)C(C=O)c1cc(F)c(Br)cc1F. The number of carbonyl (C=O) groups excluding carboxylic acids is 2. The Labute approximate surface area is 105 Å². The summed E-state index contributed by atoms with van der Waals surface area (Å²) in [7, 11) is 0. The van der Waals surface area contributed by atoms with E-state index in [2.05, 4.69) is 20.7 Å². The number of aldehydes is 1. The summed E-state index contributed by atoms with van der Waals surface area (Å²) in [5, 5.41) is 0. The summed E-state index contributed by atoms with van der Waals surface area (Å²) in [5.41, 5.74) is -0.334. The lowest BCUT2D eigenvalue weighted by atomic mass is 10.00. The lowest BCUT2D eigenvalue weighted by Gasteiger charge is -2.11. The van der Waals surface area contributed by atoms with E-state index in [1.807, 2.05) is 0 Å². The minimum absolute atomic E-state index is 0.0593. The molecule has 0 aliphatic heterocycles. The zero-order valence-corrected chi connectivity index (χ0v) is 10.5. The van der Waals surface area contributed by atoms with Gasteiger partial charge in [-0.1, -0.05) is 0 Å². The first-order valence-corrected chi connectivity index (χ1v) is 5.57. The minimum atomic E-state index is -1.45. The highest BCUT2D eigenvalue weighted by atomic mass is 79.9. The number of hydrogen-bond acceptors (Lipinski definition) is 3. The largest absolute Gasteiger partial charge is 0.465 e. The van der Waals surface area contributed by atoms with Gasteiger partial charge in [0.15, 0.2) is 0 Å². The fourth-order valence-corrected chi connectivity index (χ4v) is 1.58. The van der Waals surface area contributed by atoms with Crippen molar-refractivity contribution < 1.29 is 23.1 Å². The second-order valence-electron chi connectivity index (χ2n) is 3.15. The summed E-state index contributed by atoms with van der Waals surface area (Å²) >= 11 is 2.80. The predicted molar refractivity (Wildman–Crippen MR) is 59.5 cm³/mol. The maximum atomic E-state index is 13.5. The van der Waals surface area contributed by atoms with Crippen LogP contribution in [0.15, 0.2) is 16.6 Å². The first-order valence-electron chi connectivity index (χ1n) is 4.77. The van der Waals surface area contributed by atoms with Crippen molar-refractivity contribution in [3.8, 4) is 0 Å². The highest BCUT2D eigenvalue weighted by Gasteiger charge is 2.25. The van der Waals surface area contributed by atoms with Gasteiger partial charge >= 0.3 is 5.97 Å². The van der Waals surface area contributed by atoms with Crippen LogP contribution in [0, 0.1) is 11.6 Å². The van der Waals surface area contributed by atoms with Gasteiger partial charge in [0.25, 0.3) is 0 Å². The molecule has 0 radical (unpaired) electrons.